The van der Waals surface area contributed by atoms with Crippen LogP contribution < -0.4 is 4.90 Å². The fourth-order valence-corrected chi connectivity index (χ4v) is 9.28. The van der Waals surface area contributed by atoms with Crippen LogP contribution in [0.25, 0.3) is 93.2 Å². The Morgan fingerprint density at radius 3 is 1.58 bits per heavy atom. The van der Waals surface area contributed by atoms with E-state index < -0.39 is 0 Å². The molecule has 59 heavy (non-hydrogen) atoms. The molecule has 0 spiro atoms. The Kier molecular flexibility index (Phi) is 7.54. The van der Waals surface area contributed by atoms with Crippen molar-refractivity contribution < 1.29 is 4.42 Å². The van der Waals surface area contributed by atoms with Crippen LogP contribution in [0.3, 0.4) is 0 Å². The Hall–Kier alpha value is -7.88. The molecule has 0 saturated heterocycles. The van der Waals surface area contributed by atoms with Gasteiger partial charge in [0.15, 0.2) is 0 Å². The molecule has 3 heteroatoms. The number of rotatable bonds is 6. The van der Waals surface area contributed by atoms with Gasteiger partial charge in [-0.1, -0.05) is 158 Å². The number of anilines is 3. The van der Waals surface area contributed by atoms with Crippen molar-refractivity contribution in [3.8, 4) is 27.9 Å². The van der Waals surface area contributed by atoms with Gasteiger partial charge in [-0.05, 0) is 87.9 Å². The van der Waals surface area contributed by atoms with E-state index in [1.54, 1.807) is 0 Å². The molecule has 0 saturated carbocycles. The predicted molar refractivity (Wildman–Crippen MR) is 249 cm³/mol. The molecule has 0 amide bonds. The lowest BCUT2D eigenvalue weighted by Crippen LogP contribution is -2.11. The fraction of sp³-hybridized carbons (Fsp3) is 0. The van der Waals surface area contributed by atoms with Crippen LogP contribution in [0.5, 0.6) is 0 Å². The maximum Gasteiger partial charge on any atom is 0.143 e. The van der Waals surface area contributed by atoms with Crippen LogP contribution in [0.1, 0.15) is 0 Å². The lowest BCUT2D eigenvalue weighted by molar-refractivity contribution is 0.674. The number of para-hydroxylation sites is 4. The van der Waals surface area contributed by atoms with Gasteiger partial charge in [-0.25, -0.2) is 0 Å². The summed E-state index contributed by atoms with van der Waals surface area (Å²) in [5.74, 6) is 0. The van der Waals surface area contributed by atoms with Gasteiger partial charge in [0.05, 0.1) is 16.7 Å². The number of benzene rings is 10. The summed E-state index contributed by atoms with van der Waals surface area (Å²) in [6.45, 7) is 0. The third-order valence-electron chi connectivity index (χ3n) is 12.0. The zero-order valence-electron chi connectivity index (χ0n) is 32.1. The first-order valence-electron chi connectivity index (χ1n) is 20.2. The molecule has 0 N–H and O–H groups in total. The van der Waals surface area contributed by atoms with E-state index in [4.69, 9.17) is 4.42 Å². The molecule has 0 aliphatic rings. The number of nitrogens with zero attached hydrogens (tertiary/aromatic N) is 2. The van der Waals surface area contributed by atoms with Crippen LogP contribution >= 0.6 is 0 Å². The van der Waals surface area contributed by atoms with Gasteiger partial charge in [0.25, 0.3) is 0 Å². The average Bonchev–Trinajstić information content (AvgIpc) is 3.86. The van der Waals surface area contributed by atoms with Gasteiger partial charge < -0.3 is 13.9 Å². The van der Waals surface area contributed by atoms with E-state index in [-0.39, 0.29) is 0 Å². The second-order valence-corrected chi connectivity index (χ2v) is 15.3. The van der Waals surface area contributed by atoms with Crippen molar-refractivity contribution in [3.05, 3.63) is 218 Å². The van der Waals surface area contributed by atoms with Crippen molar-refractivity contribution >= 4 is 82.4 Å². The molecule has 3 nitrogen and oxygen atoms in total. The minimum Gasteiger partial charge on any atom is -0.455 e. The molecule has 276 valence electrons. The molecule has 10 aromatic carbocycles. The van der Waals surface area contributed by atoms with Gasteiger partial charge in [0, 0.05) is 55.1 Å². The molecule has 0 bridgehead atoms. The Labute approximate surface area is 341 Å². The molecule has 12 rings (SSSR count). The first-order valence-corrected chi connectivity index (χ1v) is 20.2. The van der Waals surface area contributed by atoms with Crippen LogP contribution in [-0.2, 0) is 0 Å². The van der Waals surface area contributed by atoms with Crippen LogP contribution in [0.15, 0.2) is 223 Å². The average molecular weight is 753 g/mol. The van der Waals surface area contributed by atoms with E-state index in [9.17, 15) is 0 Å². The predicted octanol–water partition coefficient (Wildman–Crippen LogP) is 15.8. The van der Waals surface area contributed by atoms with Crippen molar-refractivity contribution in [2.75, 3.05) is 4.90 Å². The summed E-state index contributed by atoms with van der Waals surface area (Å²) >= 11 is 0. The second kappa shape index (κ2) is 13.4. The summed E-state index contributed by atoms with van der Waals surface area (Å²) in [5, 5.41) is 9.51. The number of fused-ring (bicyclic) bond motifs is 9. The highest BCUT2D eigenvalue weighted by molar-refractivity contribution is 6.18. The highest BCUT2D eigenvalue weighted by Gasteiger charge is 2.22. The fourth-order valence-electron chi connectivity index (χ4n) is 9.28. The molecule has 0 aliphatic carbocycles. The van der Waals surface area contributed by atoms with Crippen LogP contribution in [0.4, 0.5) is 17.1 Å². The number of furan rings is 1. The van der Waals surface area contributed by atoms with Crippen molar-refractivity contribution in [1.82, 2.24) is 4.57 Å². The van der Waals surface area contributed by atoms with Crippen molar-refractivity contribution in [1.29, 1.82) is 0 Å². The Morgan fingerprint density at radius 2 is 0.831 bits per heavy atom. The second-order valence-electron chi connectivity index (χ2n) is 15.3. The Morgan fingerprint density at radius 1 is 0.322 bits per heavy atom. The molecular formula is C56H36N2O. The highest BCUT2D eigenvalue weighted by Crippen LogP contribution is 2.46. The van der Waals surface area contributed by atoms with E-state index in [1.165, 1.54) is 49.1 Å². The van der Waals surface area contributed by atoms with Crippen LogP contribution in [0.2, 0.25) is 0 Å². The van der Waals surface area contributed by atoms with E-state index in [1.807, 2.05) is 0 Å². The lowest BCUT2D eigenvalue weighted by atomic mass is 9.97. The standard InChI is InChI=1S/C56H36N2O/c1-3-16-43-37(13-1)15-11-21-44(43)39-27-30-40(31-28-39)57(41-32-34-42(35-33-41)58-53-25-9-5-18-46(53)47-19-6-10-26-54(47)58)52-24-8-7-20-48(52)49-22-12-23-50-51-36-29-38-14-2-4-17-45(38)55(51)59-56(49)50/h1-36H. The molecule has 2 heterocycles. The highest BCUT2D eigenvalue weighted by atomic mass is 16.3. The first-order chi connectivity index (χ1) is 29.3. The summed E-state index contributed by atoms with van der Waals surface area (Å²) in [4.78, 5) is 2.38. The number of aromatic nitrogens is 1. The Bertz CT molecular complexity index is 3500. The molecule has 0 aliphatic heterocycles. The lowest BCUT2D eigenvalue weighted by Gasteiger charge is -2.28. The van der Waals surface area contributed by atoms with Gasteiger partial charge >= 0.3 is 0 Å². The van der Waals surface area contributed by atoms with Crippen molar-refractivity contribution in [2.24, 2.45) is 0 Å². The van der Waals surface area contributed by atoms with E-state index in [0.717, 1.165) is 61.2 Å². The minimum absolute atomic E-state index is 0.888. The summed E-state index contributed by atoms with van der Waals surface area (Å²) in [7, 11) is 0. The van der Waals surface area contributed by atoms with Gasteiger partial charge in [0.2, 0.25) is 0 Å². The van der Waals surface area contributed by atoms with Gasteiger partial charge in [-0.15, -0.1) is 0 Å². The normalized spacial score (nSPS) is 11.7. The molecule has 0 atom stereocenters. The van der Waals surface area contributed by atoms with Crippen LogP contribution in [-0.4, -0.2) is 4.57 Å². The monoisotopic (exact) mass is 752 g/mol. The summed E-state index contributed by atoms with van der Waals surface area (Å²) in [6, 6.07) is 78.6. The summed E-state index contributed by atoms with van der Waals surface area (Å²) < 4.78 is 9.28. The molecule has 2 aromatic heterocycles. The smallest absolute Gasteiger partial charge is 0.143 e. The minimum atomic E-state index is 0.888. The Balaban J connectivity index is 1.04. The van der Waals surface area contributed by atoms with Crippen molar-refractivity contribution in [3.63, 3.8) is 0 Å². The number of hydrogen-bond donors (Lipinski definition) is 0. The maximum absolute atomic E-state index is 6.90. The molecule has 0 fully saturated rings. The largest absolute Gasteiger partial charge is 0.455 e. The third-order valence-corrected chi connectivity index (χ3v) is 12.0. The maximum atomic E-state index is 6.90. The summed E-state index contributed by atoms with van der Waals surface area (Å²) in [5.41, 5.74) is 13.0. The number of hydrogen-bond acceptors (Lipinski definition) is 2. The molecule has 0 unspecified atom stereocenters. The van der Waals surface area contributed by atoms with E-state index in [2.05, 4.69) is 228 Å². The SMILES string of the molecule is c1ccc(N(c2ccc(-c3cccc4ccccc34)cc2)c2ccc(-n3c4ccccc4c4ccccc43)cc2)c(-c2cccc3c2oc2c4ccccc4ccc32)c1. The van der Waals surface area contributed by atoms with Crippen molar-refractivity contribution in [2.45, 2.75) is 0 Å². The molecule has 12 aromatic rings. The topological polar surface area (TPSA) is 21.3 Å². The van der Waals surface area contributed by atoms with E-state index >= 15 is 0 Å². The van der Waals surface area contributed by atoms with Gasteiger partial charge in [0.1, 0.15) is 11.2 Å². The molecular weight excluding hydrogens is 717 g/mol. The quantitative estimate of drug-likeness (QED) is 0.169. The van der Waals surface area contributed by atoms with Gasteiger partial charge in [-0.3, -0.25) is 0 Å². The first kappa shape index (κ1) is 33.3. The van der Waals surface area contributed by atoms with Gasteiger partial charge in [-0.2, -0.15) is 0 Å². The van der Waals surface area contributed by atoms with Crippen LogP contribution in [0, 0.1) is 0 Å². The summed E-state index contributed by atoms with van der Waals surface area (Å²) in [6.07, 6.45) is 0. The van der Waals surface area contributed by atoms with E-state index in [0.29, 0.717) is 0 Å². The zero-order valence-corrected chi connectivity index (χ0v) is 32.1. The third kappa shape index (κ3) is 5.29. The molecule has 0 radical (unpaired) electrons. The zero-order chi connectivity index (χ0) is 38.9.